The summed E-state index contributed by atoms with van der Waals surface area (Å²) in [6.45, 7) is 16.7. The monoisotopic (exact) mass is 394 g/mol. The summed E-state index contributed by atoms with van der Waals surface area (Å²) >= 11 is 0. The van der Waals surface area contributed by atoms with Crippen molar-refractivity contribution in [1.82, 2.24) is 0 Å². The molecule has 0 aromatic heterocycles. The highest BCUT2D eigenvalue weighted by Crippen LogP contribution is 2.38. The van der Waals surface area contributed by atoms with Gasteiger partial charge in [-0.15, -0.1) is 0 Å². The summed E-state index contributed by atoms with van der Waals surface area (Å²) in [7, 11) is -1.87. The maximum Gasteiger partial charge on any atom is 0.306 e. The number of hydrogen-bond acceptors (Lipinski definition) is 4. The van der Waals surface area contributed by atoms with E-state index in [1.807, 2.05) is 39.0 Å². The number of allylic oxidation sites excluding steroid dienone is 3. The first-order valence-corrected chi connectivity index (χ1v) is 12.9. The molecule has 0 heterocycles. The Kier molecular flexibility index (Phi) is 8.24. The summed E-state index contributed by atoms with van der Waals surface area (Å²) in [5.74, 6) is 0.00879. The number of Topliss-reactive ketones (excluding diaryl/α,β-unsaturated/α-hetero) is 1. The van der Waals surface area contributed by atoms with E-state index >= 15 is 0 Å². The largest absolute Gasteiger partial charge is 0.460 e. The zero-order valence-electron chi connectivity index (χ0n) is 18.5. The fourth-order valence-electron chi connectivity index (χ4n) is 2.57. The molecule has 1 aliphatic rings. The second-order valence-corrected chi connectivity index (χ2v) is 14.7. The van der Waals surface area contributed by atoms with Crippen LogP contribution >= 0.6 is 0 Å². The van der Waals surface area contributed by atoms with Crippen LogP contribution in [-0.4, -0.2) is 31.8 Å². The van der Waals surface area contributed by atoms with Gasteiger partial charge in [0.25, 0.3) is 0 Å². The van der Waals surface area contributed by atoms with Crippen molar-refractivity contribution in [3.8, 4) is 0 Å². The average molecular weight is 395 g/mol. The van der Waals surface area contributed by atoms with Crippen LogP contribution in [0.25, 0.3) is 0 Å². The van der Waals surface area contributed by atoms with Gasteiger partial charge in [0.15, 0.2) is 14.1 Å². The highest BCUT2D eigenvalue weighted by Gasteiger charge is 2.40. The lowest BCUT2D eigenvalue weighted by atomic mass is 10.1. The predicted molar refractivity (Wildman–Crippen MR) is 113 cm³/mol. The van der Waals surface area contributed by atoms with E-state index in [1.54, 1.807) is 0 Å². The van der Waals surface area contributed by atoms with Crippen molar-refractivity contribution in [3.63, 3.8) is 0 Å². The molecule has 0 bridgehead atoms. The summed E-state index contributed by atoms with van der Waals surface area (Å²) in [4.78, 5) is 23.9. The fraction of sp³-hybridized carbons (Fsp3) is 0.727. The van der Waals surface area contributed by atoms with Gasteiger partial charge in [-0.25, -0.2) is 0 Å². The van der Waals surface area contributed by atoms with Crippen LogP contribution in [0.3, 0.4) is 0 Å². The quantitative estimate of drug-likeness (QED) is 0.299. The van der Waals surface area contributed by atoms with Gasteiger partial charge in [0.05, 0.1) is 6.10 Å². The zero-order chi connectivity index (χ0) is 20.9. The third kappa shape index (κ3) is 8.56. The van der Waals surface area contributed by atoms with Crippen LogP contribution in [0.5, 0.6) is 0 Å². The summed E-state index contributed by atoms with van der Waals surface area (Å²) in [6.07, 6.45) is 9.24. The Hall–Kier alpha value is -1.20. The number of carbonyl (C=O) groups excluding carboxylic acids is 2. The van der Waals surface area contributed by atoms with E-state index in [0.717, 1.165) is 24.8 Å². The lowest BCUT2D eigenvalue weighted by molar-refractivity contribution is -0.154. The Labute approximate surface area is 166 Å². The van der Waals surface area contributed by atoms with Crippen molar-refractivity contribution in [1.29, 1.82) is 0 Å². The van der Waals surface area contributed by atoms with Gasteiger partial charge >= 0.3 is 5.97 Å². The number of esters is 1. The Morgan fingerprint density at radius 3 is 2.37 bits per heavy atom. The van der Waals surface area contributed by atoms with Crippen molar-refractivity contribution in [2.75, 3.05) is 0 Å². The van der Waals surface area contributed by atoms with Crippen LogP contribution in [0.2, 0.25) is 18.1 Å². The summed E-state index contributed by atoms with van der Waals surface area (Å²) in [5.41, 5.74) is 0.334. The Morgan fingerprint density at radius 1 is 1.19 bits per heavy atom. The first-order valence-electron chi connectivity index (χ1n) is 10.0. The van der Waals surface area contributed by atoms with Crippen molar-refractivity contribution in [2.24, 2.45) is 0 Å². The van der Waals surface area contributed by atoms with Crippen molar-refractivity contribution < 1.29 is 18.8 Å². The Bertz CT molecular complexity index is 588. The lowest BCUT2D eigenvalue weighted by Gasteiger charge is -2.37. The van der Waals surface area contributed by atoms with Crippen LogP contribution in [0.4, 0.5) is 0 Å². The molecule has 0 saturated carbocycles. The molecule has 0 saturated heterocycles. The molecule has 0 N–H and O–H groups in total. The number of hydrogen-bond donors (Lipinski definition) is 0. The fourth-order valence-corrected chi connectivity index (χ4v) is 3.83. The normalized spacial score (nSPS) is 18.9. The summed E-state index contributed by atoms with van der Waals surface area (Å²) < 4.78 is 11.6. The van der Waals surface area contributed by atoms with E-state index in [0.29, 0.717) is 12.8 Å². The molecule has 27 heavy (non-hydrogen) atoms. The third-order valence-electron chi connectivity index (χ3n) is 5.05. The van der Waals surface area contributed by atoms with E-state index in [-0.39, 0.29) is 22.9 Å². The highest BCUT2D eigenvalue weighted by atomic mass is 28.4. The average Bonchev–Trinajstić information content (AvgIpc) is 2.78. The predicted octanol–water partition coefficient (Wildman–Crippen LogP) is 5.73. The van der Waals surface area contributed by atoms with Gasteiger partial charge in [0, 0.05) is 18.4 Å². The smallest absolute Gasteiger partial charge is 0.306 e. The standard InChI is InChI=1S/C22H38O4Si/c1-21(2,3)25-20(24)14-12-10-9-11-13-17-15-18(16-19(17)23)26-27(7,8)22(4,5)6/h11,13,15,18H,9-10,12,14,16H2,1-8H3/b13-11-/t18-/m0/s1. The van der Waals surface area contributed by atoms with E-state index in [1.165, 1.54) is 0 Å². The molecule has 1 aliphatic carbocycles. The summed E-state index contributed by atoms with van der Waals surface area (Å²) in [6, 6.07) is 0. The van der Waals surface area contributed by atoms with Crippen molar-refractivity contribution in [2.45, 2.75) is 103 Å². The van der Waals surface area contributed by atoms with Crippen LogP contribution in [0, 0.1) is 0 Å². The molecule has 1 rings (SSSR count). The maximum absolute atomic E-state index is 12.2. The van der Waals surface area contributed by atoms with Crippen LogP contribution in [-0.2, 0) is 18.8 Å². The molecular weight excluding hydrogens is 356 g/mol. The lowest BCUT2D eigenvalue weighted by Crippen LogP contribution is -2.43. The topological polar surface area (TPSA) is 52.6 Å². The minimum absolute atomic E-state index is 0.0924. The van der Waals surface area contributed by atoms with E-state index < -0.39 is 13.9 Å². The van der Waals surface area contributed by atoms with Crippen molar-refractivity contribution in [3.05, 3.63) is 23.8 Å². The minimum atomic E-state index is -1.87. The molecule has 0 aromatic rings. The Balaban J connectivity index is 2.41. The minimum Gasteiger partial charge on any atom is -0.460 e. The van der Waals surface area contributed by atoms with E-state index in [2.05, 4.69) is 33.9 Å². The van der Waals surface area contributed by atoms with Gasteiger partial charge in [-0.2, -0.15) is 0 Å². The van der Waals surface area contributed by atoms with Gasteiger partial charge in [-0.3, -0.25) is 9.59 Å². The molecule has 0 aliphatic heterocycles. The molecule has 0 fully saturated rings. The maximum atomic E-state index is 12.2. The summed E-state index contributed by atoms with van der Waals surface area (Å²) in [5, 5.41) is 0.136. The zero-order valence-corrected chi connectivity index (χ0v) is 19.5. The molecule has 0 unspecified atom stereocenters. The number of ether oxygens (including phenoxy) is 1. The SMILES string of the molecule is CC(C)(C)OC(=O)CCCC/C=C\C1=C[C@H](O[Si](C)(C)C(C)(C)C)CC1=O. The highest BCUT2D eigenvalue weighted by molar-refractivity contribution is 6.74. The van der Waals surface area contributed by atoms with Gasteiger partial charge in [-0.1, -0.05) is 32.9 Å². The molecule has 1 atom stereocenters. The number of ketones is 1. The molecule has 5 heteroatoms. The van der Waals surface area contributed by atoms with Gasteiger partial charge in [0.2, 0.25) is 0 Å². The number of unbranched alkanes of at least 4 members (excludes halogenated alkanes) is 2. The second kappa shape index (κ2) is 9.33. The molecule has 0 aromatic carbocycles. The Morgan fingerprint density at radius 2 is 1.81 bits per heavy atom. The first-order chi connectivity index (χ1) is 12.2. The first kappa shape index (κ1) is 23.8. The molecule has 0 spiro atoms. The van der Waals surface area contributed by atoms with Gasteiger partial charge in [-0.05, 0) is 64.2 Å². The van der Waals surface area contributed by atoms with Gasteiger partial charge in [0.1, 0.15) is 5.60 Å². The molecule has 0 radical (unpaired) electrons. The van der Waals surface area contributed by atoms with E-state index in [9.17, 15) is 9.59 Å². The number of carbonyl (C=O) groups is 2. The van der Waals surface area contributed by atoms with Gasteiger partial charge < -0.3 is 9.16 Å². The third-order valence-corrected chi connectivity index (χ3v) is 9.55. The van der Waals surface area contributed by atoms with E-state index in [4.69, 9.17) is 9.16 Å². The molecule has 4 nitrogen and oxygen atoms in total. The second-order valence-electron chi connectivity index (χ2n) is 9.90. The molecule has 0 amide bonds. The number of rotatable bonds is 8. The molecule has 154 valence electrons. The molecular formula is C22H38O4Si. The van der Waals surface area contributed by atoms with Crippen LogP contribution in [0.15, 0.2) is 23.8 Å². The van der Waals surface area contributed by atoms with Crippen LogP contribution < -0.4 is 0 Å². The van der Waals surface area contributed by atoms with Crippen LogP contribution in [0.1, 0.15) is 73.6 Å². The van der Waals surface area contributed by atoms with Crippen molar-refractivity contribution >= 4 is 20.1 Å².